The second-order valence-corrected chi connectivity index (χ2v) is 12.1. The fraction of sp³-hybridized carbons (Fsp3) is 0.531. The van der Waals surface area contributed by atoms with Gasteiger partial charge in [0.05, 0.1) is 6.61 Å². The molecule has 0 unspecified atom stereocenters. The number of halogens is 1. The number of carbonyl (C=O) groups is 1. The van der Waals surface area contributed by atoms with E-state index >= 15 is 0 Å². The summed E-state index contributed by atoms with van der Waals surface area (Å²) < 4.78 is 8.82. The van der Waals surface area contributed by atoms with Gasteiger partial charge in [-0.05, 0) is 75.2 Å². The second-order valence-electron chi connectivity index (χ2n) is 11.7. The molecule has 2 aliphatic heterocycles. The first-order valence-electron chi connectivity index (χ1n) is 14.5. The average molecular weight is 551 g/mol. The summed E-state index contributed by atoms with van der Waals surface area (Å²) in [5.41, 5.74) is 3.46. The second kappa shape index (κ2) is 12.3. The highest BCUT2D eigenvalue weighted by Gasteiger charge is 2.40. The Labute approximate surface area is 238 Å². The van der Waals surface area contributed by atoms with E-state index in [0.29, 0.717) is 13.0 Å². The summed E-state index contributed by atoms with van der Waals surface area (Å²) >= 11 is 6.26. The van der Waals surface area contributed by atoms with E-state index < -0.39 is 0 Å². The lowest BCUT2D eigenvalue weighted by Crippen LogP contribution is -2.52. The highest BCUT2D eigenvalue weighted by atomic mass is 35.5. The van der Waals surface area contributed by atoms with Gasteiger partial charge in [-0.1, -0.05) is 36.7 Å². The monoisotopic (exact) mass is 550 g/mol. The van der Waals surface area contributed by atoms with Crippen LogP contribution < -0.4 is 4.74 Å². The number of likely N-dealkylation sites (N-methyl/N-ethyl adjacent to an activating group) is 1. The Hall–Kier alpha value is -2.54. The molecule has 1 atom stereocenters. The Morgan fingerprint density at radius 1 is 1.08 bits per heavy atom. The van der Waals surface area contributed by atoms with Crippen LogP contribution in [-0.4, -0.2) is 78.1 Å². The molecule has 2 saturated heterocycles. The van der Waals surface area contributed by atoms with Crippen LogP contribution in [0.3, 0.4) is 0 Å². The number of hydrogen-bond acceptors (Lipinski definition) is 4. The molecule has 1 aromatic heterocycles. The Morgan fingerprint density at radius 2 is 1.87 bits per heavy atom. The Morgan fingerprint density at radius 3 is 2.64 bits per heavy atom. The zero-order valence-electron chi connectivity index (χ0n) is 23.8. The number of rotatable bonds is 9. The van der Waals surface area contributed by atoms with Gasteiger partial charge in [0.25, 0.3) is 0 Å². The number of benzene rings is 2. The van der Waals surface area contributed by atoms with E-state index in [9.17, 15) is 4.79 Å². The molecule has 0 saturated carbocycles. The highest BCUT2D eigenvalue weighted by Crippen LogP contribution is 2.37. The quantitative estimate of drug-likeness (QED) is 0.336. The van der Waals surface area contributed by atoms with Crippen molar-refractivity contribution in [1.82, 2.24) is 19.3 Å². The van der Waals surface area contributed by atoms with E-state index in [2.05, 4.69) is 63.7 Å². The maximum absolute atomic E-state index is 13.6. The van der Waals surface area contributed by atoms with Gasteiger partial charge in [0.2, 0.25) is 5.91 Å². The maximum Gasteiger partial charge on any atom is 0.223 e. The lowest BCUT2D eigenvalue weighted by molar-refractivity contribution is -0.137. The third-order valence-electron chi connectivity index (χ3n) is 8.53. The molecule has 39 heavy (non-hydrogen) atoms. The minimum Gasteiger partial charge on any atom is -0.493 e. The number of hydrogen-bond donors (Lipinski definition) is 0. The van der Waals surface area contributed by atoms with Crippen LogP contribution in [0.15, 0.2) is 48.7 Å². The molecule has 7 heteroatoms. The smallest absolute Gasteiger partial charge is 0.223 e. The van der Waals surface area contributed by atoms with E-state index in [1.165, 1.54) is 16.5 Å². The van der Waals surface area contributed by atoms with Crippen LogP contribution in [0.25, 0.3) is 10.9 Å². The van der Waals surface area contributed by atoms with Crippen molar-refractivity contribution in [3.63, 3.8) is 0 Å². The summed E-state index contributed by atoms with van der Waals surface area (Å²) in [6.07, 6.45) is 6.03. The summed E-state index contributed by atoms with van der Waals surface area (Å²) in [6.45, 7) is 12.1. The molecule has 3 aromatic rings. The van der Waals surface area contributed by atoms with E-state index in [1.54, 1.807) is 0 Å². The number of likely N-dealkylation sites (tertiary alicyclic amines) is 1. The third-order valence-corrected chi connectivity index (χ3v) is 8.95. The van der Waals surface area contributed by atoms with Crippen molar-refractivity contribution in [2.75, 3.05) is 52.9 Å². The number of para-hydroxylation sites is 1. The Bertz CT molecular complexity index is 1280. The van der Waals surface area contributed by atoms with Crippen LogP contribution in [0.5, 0.6) is 5.75 Å². The van der Waals surface area contributed by atoms with Crippen LogP contribution >= 0.6 is 11.6 Å². The molecule has 2 aromatic carbocycles. The van der Waals surface area contributed by atoms with Gasteiger partial charge >= 0.3 is 0 Å². The summed E-state index contributed by atoms with van der Waals surface area (Å²) in [5, 5.41) is 2.08. The summed E-state index contributed by atoms with van der Waals surface area (Å²) in [5.74, 6) is 1.09. The van der Waals surface area contributed by atoms with Gasteiger partial charge in [0.15, 0.2) is 0 Å². The molecule has 1 amide bonds. The number of carbonyl (C=O) groups excluding carboxylic acids is 1. The van der Waals surface area contributed by atoms with Gasteiger partial charge in [-0.15, -0.1) is 0 Å². The number of piperazine rings is 1. The predicted molar refractivity (Wildman–Crippen MR) is 160 cm³/mol. The molecule has 0 aliphatic carbocycles. The minimum atomic E-state index is -0.228. The van der Waals surface area contributed by atoms with Crippen LogP contribution in [0, 0.1) is 12.3 Å². The minimum absolute atomic E-state index is 0.228. The SMILES string of the molecule is CCCn1cc(CN2CCC[C@](COc3ccc(Cl)c(C)c3)(CC(=O)N3CCN(C)CC3)C2)c2ccccc21. The molecule has 5 rings (SSSR count). The fourth-order valence-electron chi connectivity index (χ4n) is 6.31. The number of ether oxygens (including phenoxy) is 1. The zero-order valence-corrected chi connectivity index (χ0v) is 24.6. The first-order valence-corrected chi connectivity index (χ1v) is 14.9. The molecule has 6 nitrogen and oxygen atoms in total. The normalized spacial score (nSPS) is 21.0. The zero-order chi connectivity index (χ0) is 27.4. The van der Waals surface area contributed by atoms with Gasteiger partial charge in [0.1, 0.15) is 5.75 Å². The van der Waals surface area contributed by atoms with Crippen LogP contribution in [0.1, 0.15) is 43.7 Å². The van der Waals surface area contributed by atoms with Crippen molar-refractivity contribution in [2.24, 2.45) is 5.41 Å². The van der Waals surface area contributed by atoms with Gasteiger partial charge in [0, 0.05) is 79.8 Å². The van der Waals surface area contributed by atoms with Crippen LogP contribution in [0.2, 0.25) is 5.02 Å². The molecule has 0 spiro atoms. The number of aromatic nitrogens is 1. The Balaban J connectivity index is 1.36. The lowest BCUT2D eigenvalue weighted by Gasteiger charge is -2.43. The fourth-order valence-corrected chi connectivity index (χ4v) is 6.42. The van der Waals surface area contributed by atoms with E-state index in [-0.39, 0.29) is 11.3 Å². The highest BCUT2D eigenvalue weighted by molar-refractivity contribution is 6.31. The van der Waals surface area contributed by atoms with Crippen LogP contribution in [-0.2, 0) is 17.9 Å². The standard InChI is InChI=1S/C32H43ClN4O2/c1-4-13-37-22-26(28-8-5-6-9-30(28)37)21-35-14-7-12-32(23-35,20-31(38)36-17-15-34(3)16-18-36)24-39-27-10-11-29(33)25(2)19-27/h5-6,8-11,19,22H,4,7,12-18,20-21,23-24H2,1-3H3/t32-/m0/s1. The van der Waals surface area contributed by atoms with E-state index in [4.69, 9.17) is 16.3 Å². The van der Waals surface area contributed by atoms with Gasteiger partial charge < -0.3 is 19.1 Å². The average Bonchev–Trinajstić information content (AvgIpc) is 3.27. The molecule has 0 bridgehead atoms. The van der Waals surface area contributed by atoms with Crippen molar-refractivity contribution in [3.05, 3.63) is 64.8 Å². The topological polar surface area (TPSA) is 41.0 Å². The van der Waals surface area contributed by atoms with Gasteiger partial charge in [-0.25, -0.2) is 0 Å². The summed E-state index contributed by atoms with van der Waals surface area (Å²) in [6, 6.07) is 14.6. The molecule has 2 aliphatic rings. The first-order chi connectivity index (χ1) is 18.9. The molecule has 210 valence electrons. The molecular formula is C32H43ClN4O2. The first kappa shape index (κ1) is 28.0. The van der Waals surface area contributed by atoms with Gasteiger partial charge in [-0.3, -0.25) is 9.69 Å². The maximum atomic E-state index is 13.6. The molecule has 0 N–H and O–H groups in total. The number of nitrogens with zero attached hydrogens (tertiary/aromatic N) is 4. The number of amides is 1. The van der Waals surface area contributed by atoms with Crippen LogP contribution in [0.4, 0.5) is 0 Å². The summed E-state index contributed by atoms with van der Waals surface area (Å²) in [7, 11) is 2.13. The molecule has 2 fully saturated rings. The largest absolute Gasteiger partial charge is 0.493 e. The van der Waals surface area contributed by atoms with Crippen molar-refractivity contribution in [1.29, 1.82) is 0 Å². The molecule has 3 heterocycles. The van der Waals surface area contributed by atoms with Crippen molar-refractivity contribution in [3.8, 4) is 5.75 Å². The summed E-state index contributed by atoms with van der Waals surface area (Å²) in [4.78, 5) is 20.5. The van der Waals surface area contributed by atoms with Gasteiger partial charge in [-0.2, -0.15) is 0 Å². The third kappa shape index (κ3) is 6.62. The predicted octanol–water partition coefficient (Wildman–Crippen LogP) is 5.84. The number of piperidine rings is 1. The van der Waals surface area contributed by atoms with Crippen molar-refractivity contribution < 1.29 is 9.53 Å². The van der Waals surface area contributed by atoms with E-state index in [1.807, 2.05) is 25.1 Å². The van der Waals surface area contributed by atoms with Crippen molar-refractivity contribution >= 4 is 28.4 Å². The van der Waals surface area contributed by atoms with E-state index in [0.717, 1.165) is 88.0 Å². The Kier molecular flexibility index (Phi) is 8.85. The molecular weight excluding hydrogens is 508 g/mol. The lowest BCUT2D eigenvalue weighted by atomic mass is 9.77. The number of fused-ring (bicyclic) bond motifs is 1. The van der Waals surface area contributed by atoms with Crippen molar-refractivity contribution in [2.45, 2.75) is 52.6 Å². The number of aryl methyl sites for hydroxylation is 2. The molecule has 0 radical (unpaired) electrons.